The standard InChI is InChI=1S/C13H17N3/c1-10-4-3-5-12(6-10)13(14)9-16-8-11(2)7-15-16/h3-8,13H,9,14H2,1-2H3. The van der Waals surface area contributed by atoms with Crippen LogP contribution in [0.2, 0.25) is 0 Å². The second kappa shape index (κ2) is 4.49. The highest BCUT2D eigenvalue weighted by Crippen LogP contribution is 2.13. The van der Waals surface area contributed by atoms with Crippen LogP contribution < -0.4 is 5.73 Å². The van der Waals surface area contributed by atoms with E-state index in [1.807, 2.05) is 30.1 Å². The van der Waals surface area contributed by atoms with Gasteiger partial charge in [0.05, 0.1) is 12.7 Å². The fourth-order valence-electron chi connectivity index (χ4n) is 1.77. The molecule has 1 atom stereocenters. The van der Waals surface area contributed by atoms with Gasteiger partial charge in [-0.05, 0) is 25.0 Å². The van der Waals surface area contributed by atoms with Crippen molar-refractivity contribution in [1.29, 1.82) is 0 Å². The smallest absolute Gasteiger partial charge is 0.0602 e. The summed E-state index contributed by atoms with van der Waals surface area (Å²) in [6.45, 7) is 4.83. The predicted molar refractivity (Wildman–Crippen MR) is 65.1 cm³/mol. The van der Waals surface area contributed by atoms with Crippen LogP contribution in [0.5, 0.6) is 0 Å². The highest BCUT2D eigenvalue weighted by molar-refractivity contribution is 5.24. The topological polar surface area (TPSA) is 43.8 Å². The summed E-state index contributed by atoms with van der Waals surface area (Å²) < 4.78 is 1.89. The fourth-order valence-corrected chi connectivity index (χ4v) is 1.77. The van der Waals surface area contributed by atoms with E-state index in [1.54, 1.807) is 0 Å². The molecule has 16 heavy (non-hydrogen) atoms. The van der Waals surface area contributed by atoms with Crippen molar-refractivity contribution in [3.05, 3.63) is 53.3 Å². The van der Waals surface area contributed by atoms with Crippen molar-refractivity contribution in [2.75, 3.05) is 0 Å². The van der Waals surface area contributed by atoms with Crippen molar-refractivity contribution in [2.24, 2.45) is 5.73 Å². The zero-order chi connectivity index (χ0) is 11.5. The van der Waals surface area contributed by atoms with Crippen LogP contribution in [-0.4, -0.2) is 9.78 Å². The first-order valence-electron chi connectivity index (χ1n) is 5.46. The van der Waals surface area contributed by atoms with E-state index < -0.39 is 0 Å². The molecule has 2 aromatic rings. The molecule has 0 radical (unpaired) electrons. The molecular formula is C13H17N3. The maximum absolute atomic E-state index is 6.14. The first-order chi connectivity index (χ1) is 7.65. The molecule has 1 aromatic carbocycles. The van der Waals surface area contributed by atoms with E-state index in [2.05, 4.69) is 30.2 Å². The Morgan fingerprint density at radius 2 is 2.12 bits per heavy atom. The molecule has 1 heterocycles. The lowest BCUT2D eigenvalue weighted by atomic mass is 10.1. The molecule has 84 valence electrons. The molecule has 3 nitrogen and oxygen atoms in total. The Hall–Kier alpha value is -1.61. The summed E-state index contributed by atoms with van der Waals surface area (Å²) in [5.74, 6) is 0. The molecule has 2 rings (SSSR count). The quantitative estimate of drug-likeness (QED) is 0.853. The van der Waals surface area contributed by atoms with Gasteiger partial charge in [-0.1, -0.05) is 29.8 Å². The average molecular weight is 215 g/mol. The molecule has 2 N–H and O–H groups in total. The number of nitrogens with zero attached hydrogens (tertiary/aromatic N) is 2. The first kappa shape index (κ1) is 10.9. The van der Waals surface area contributed by atoms with Crippen LogP contribution in [0.4, 0.5) is 0 Å². The summed E-state index contributed by atoms with van der Waals surface area (Å²) in [6, 6.07) is 8.31. The lowest BCUT2D eigenvalue weighted by Gasteiger charge is -2.12. The molecule has 0 saturated heterocycles. The summed E-state index contributed by atoms with van der Waals surface area (Å²) in [7, 11) is 0. The monoisotopic (exact) mass is 215 g/mol. The van der Waals surface area contributed by atoms with Gasteiger partial charge in [-0.15, -0.1) is 0 Å². The van der Waals surface area contributed by atoms with Gasteiger partial charge in [0.1, 0.15) is 0 Å². The summed E-state index contributed by atoms with van der Waals surface area (Å²) >= 11 is 0. The molecule has 0 aliphatic carbocycles. The highest BCUT2D eigenvalue weighted by Gasteiger charge is 2.07. The number of rotatable bonds is 3. The molecule has 0 aliphatic rings. The van der Waals surface area contributed by atoms with Crippen molar-refractivity contribution in [1.82, 2.24) is 9.78 Å². The number of benzene rings is 1. The van der Waals surface area contributed by atoms with Gasteiger partial charge in [-0.2, -0.15) is 5.10 Å². The van der Waals surface area contributed by atoms with Crippen molar-refractivity contribution in [2.45, 2.75) is 26.4 Å². The number of hydrogen-bond acceptors (Lipinski definition) is 2. The van der Waals surface area contributed by atoms with Crippen LogP contribution in [0, 0.1) is 13.8 Å². The van der Waals surface area contributed by atoms with E-state index in [4.69, 9.17) is 5.73 Å². The van der Waals surface area contributed by atoms with Gasteiger partial charge in [0, 0.05) is 12.2 Å². The zero-order valence-corrected chi connectivity index (χ0v) is 9.72. The van der Waals surface area contributed by atoms with E-state index in [0.717, 1.165) is 17.7 Å². The second-order valence-electron chi connectivity index (χ2n) is 4.26. The van der Waals surface area contributed by atoms with Crippen molar-refractivity contribution >= 4 is 0 Å². The number of nitrogens with two attached hydrogens (primary N) is 1. The third kappa shape index (κ3) is 2.49. The third-order valence-corrected chi connectivity index (χ3v) is 2.62. The predicted octanol–water partition coefficient (Wildman–Crippen LogP) is 2.20. The molecule has 0 saturated carbocycles. The largest absolute Gasteiger partial charge is 0.322 e. The Labute approximate surface area is 95.9 Å². The Kier molecular flexibility index (Phi) is 3.06. The van der Waals surface area contributed by atoms with E-state index in [9.17, 15) is 0 Å². The number of hydrogen-bond donors (Lipinski definition) is 1. The van der Waals surface area contributed by atoms with E-state index in [-0.39, 0.29) is 6.04 Å². The van der Waals surface area contributed by atoms with Crippen LogP contribution in [0.3, 0.4) is 0 Å². The Balaban J connectivity index is 2.11. The van der Waals surface area contributed by atoms with Crippen molar-refractivity contribution in [3.63, 3.8) is 0 Å². The molecule has 0 bridgehead atoms. The molecule has 0 amide bonds. The Morgan fingerprint density at radius 3 is 2.75 bits per heavy atom. The molecular weight excluding hydrogens is 198 g/mol. The minimum atomic E-state index is -0.000741. The van der Waals surface area contributed by atoms with Gasteiger partial charge >= 0.3 is 0 Å². The Morgan fingerprint density at radius 1 is 1.31 bits per heavy atom. The van der Waals surface area contributed by atoms with Crippen LogP contribution in [-0.2, 0) is 6.54 Å². The lowest BCUT2D eigenvalue weighted by molar-refractivity contribution is 0.527. The summed E-state index contributed by atoms with van der Waals surface area (Å²) in [5.41, 5.74) is 9.71. The van der Waals surface area contributed by atoms with Gasteiger partial charge in [0.15, 0.2) is 0 Å². The van der Waals surface area contributed by atoms with E-state index in [1.165, 1.54) is 5.56 Å². The lowest BCUT2D eigenvalue weighted by Crippen LogP contribution is -2.17. The van der Waals surface area contributed by atoms with Crippen LogP contribution in [0.1, 0.15) is 22.7 Å². The molecule has 0 fully saturated rings. The first-order valence-corrected chi connectivity index (χ1v) is 5.46. The highest BCUT2D eigenvalue weighted by atomic mass is 15.3. The summed E-state index contributed by atoms with van der Waals surface area (Å²) in [6.07, 6.45) is 3.86. The third-order valence-electron chi connectivity index (χ3n) is 2.62. The van der Waals surface area contributed by atoms with E-state index in [0.29, 0.717) is 0 Å². The molecule has 3 heteroatoms. The maximum Gasteiger partial charge on any atom is 0.0602 e. The van der Waals surface area contributed by atoms with Crippen LogP contribution in [0.25, 0.3) is 0 Å². The normalized spacial score (nSPS) is 12.7. The minimum Gasteiger partial charge on any atom is -0.322 e. The van der Waals surface area contributed by atoms with Gasteiger partial charge in [0.25, 0.3) is 0 Å². The fraction of sp³-hybridized carbons (Fsp3) is 0.308. The van der Waals surface area contributed by atoms with Crippen LogP contribution in [0.15, 0.2) is 36.7 Å². The SMILES string of the molecule is Cc1cccc(C(N)Cn2cc(C)cn2)c1. The average Bonchev–Trinajstić information content (AvgIpc) is 2.64. The van der Waals surface area contributed by atoms with Crippen LogP contribution >= 0.6 is 0 Å². The number of aromatic nitrogens is 2. The van der Waals surface area contributed by atoms with E-state index >= 15 is 0 Å². The molecule has 0 spiro atoms. The Bertz CT molecular complexity index is 474. The van der Waals surface area contributed by atoms with Crippen molar-refractivity contribution in [3.8, 4) is 0 Å². The van der Waals surface area contributed by atoms with Gasteiger partial charge in [0.2, 0.25) is 0 Å². The van der Waals surface area contributed by atoms with Gasteiger partial charge in [-0.3, -0.25) is 4.68 Å². The summed E-state index contributed by atoms with van der Waals surface area (Å²) in [5, 5.41) is 4.24. The number of aryl methyl sites for hydroxylation is 2. The molecule has 1 unspecified atom stereocenters. The van der Waals surface area contributed by atoms with Crippen molar-refractivity contribution < 1.29 is 0 Å². The molecule has 0 aliphatic heterocycles. The second-order valence-corrected chi connectivity index (χ2v) is 4.26. The summed E-state index contributed by atoms with van der Waals surface area (Å²) in [4.78, 5) is 0. The minimum absolute atomic E-state index is 0.000741. The maximum atomic E-state index is 6.14. The zero-order valence-electron chi connectivity index (χ0n) is 9.72. The molecule has 1 aromatic heterocycles. The van der Waals surface area contributed by atoms with Gasteiger partial charge in [-0.25, -0.2) is 0 Å². The van der Waals surface area contributed by atoms with Gasteiger partial charge < -0.3 is 5.73 Å².